The van der Waals surface area contributed by atoms with Gasteiger partial charge in [0.05, 0.1) is 0 Å². The SMILES string of the molecule is CSc1ccc(C2(c3ccc(Cl)cc3)CC(=O)C(C)(C)O2)cc1. The molecule has 0 aromatic heterocycles. The number of ether oxygens (including phenoxy) is 1. The van der Waals surface area contributed by atoms with Gasteiger partial charge in [0.15, 0.2) is 5.78 Å². The zero-order valence-corrected chi connectivity index (χ0v) is 15.0. The fourth-order valence-corrected chi connectivity index (χ4v) is 3.57. The van der Waals surface area contributed by atoms with E-state index in [0.717, 1.165) is 11.1 Å². The minimum absolute atomic E-state index is 0.112. The number of hydrogen-bond donors (Lipinski definition) is 0. The highest BCUT2D eigenvalue weighted by Crippen LogP contribution is 2.47. The Kier molecular flexibility index (Phi) is 4.30. The van der Waals surface area contributed by atoms with E-state index in [4.69, 9.17) is 16.3 Å². The Balaban J connectivity index is 2.14. The van der Waals surface area contributed by atoms with Crippen molar-refractivity contribution in [3.05, 3.63) is 64.7 Å². The lowest BCUT2D eigenvalue weighted by Gasteiger charge is -2.32. The summed E-state index contributed by atoms with van der Waals surface area (Å²) in [5.41, 5.74) is 0.411. The fraction of sp³-hybridized carbons (Fsp3) is 0.316. The van der Waals surface area contributed by atoms with Crippen LogP contribution in [-0.2, 0) is 15.1 Å². The zero-order valence-electron chi connectivity index (χ0n) is 13.4. The van der Waals surface area contributed by atoms with E-state index in [9.17, 15) is 4.79 Å². The molecular formula is C19H19ClO2S. The fourth-order valence-electron chi connectivity index (χ4n) is 3.04. The van der Waals surface area contributed by atoms with E-state index in [1.165, 1.54) is 4.90 Å². The number of Topliss-reactive ketones (excluding diaryl/α,β-unsaturated/α-hetero) is 1. The van der Waals surface area contributed by atoms with Crippen molar-refractivity contribution >= 4 is 29.1 Å². The Morgan fingerprint density at radius 3 is 1.96 bits per heavy atom. The standard InChI is InChI=1S/C19H19ClO2S/c1-18(2)17(21)12-19(22-18,13-4-8-15(20)9-5-13)14-6-10-16(23-3)11-7-14/h4-11H,12H2,1-3H3. The first-order chi connectivity index (χ1) is 10.9. The van der Waals surface area contributed by atoms with Gasteiger partial charge in [-0.25, -0.2) is 0 Å². The van der Waals surface area contributed by atoms with Gasteiger partial charge in [-0.15, -0.1) is 11.8 Å². The molecule has 0 spiro atoms. The van der Waals surface area contributed by atoms with Crippen molar-refractivity contribution in [3.8, 4) is 0 Å². The van der Waals surface area contributed by atoms with Crippen LogP contribution < -0.4 is 0 Å². The predicted molar refractivity (Wildman–Crippen MR) is 95.2 cm³/mol. The van der Waals surface area contributed by atoms with Crippen LogP contribution in [0.25, 0.3) is 0 Å². The van der Waals surface area contributed by atoms with Crippen LogP contribution in [0.3, 0.4) is 0 Å². The Hall–Kier alpha value is -1.29. The maximum absolute atomic E-state index is 12.5. The van der Waals surface area contributed by atoms with Crippen LogP contribution in [0.4, 0.5) is 0 Å². The van der Waals surface area contributed by atoms with E-state index >= 15 is 0 Å². The van der Waals surface area contributed by atoms with E-state index in [2.05, 4.69) is 24.3 Å². The summed E-state index contributed by atoms with van der Waals surface area (Å²) in [6.07, 6.45) is 2.38. The quantitative estimate of drug-likeness (QED) is 0.725. The highest BCUT2D eigenvalue weighted by Gasteiger charge is 2.52. The van der Waals surface area contributed by atoms with Gasteiger partial charge >= 0.3 is 0 Å². The number of carbonyl (C=O) groups is 1. The highest BCUT2D eigenvalue weighted by atomic mass is 35.5. The van der Waals surface area contributed by atoms with Crippen LogP contribution in [0.2, 0.25) is 5.02 Å². The van der Waals surface area contributed by atoms with Crippen LogP contribution in [0.1, 0.15) is 31.4 Å². The largest absolute Gasteiger partial charge is 0.351 e. The summed E-state index contributed by atoms with van der Waals surface area (Å²) in [6, 6.07) is 15.8. The second-order valence-corrected chi connectivity index (χ2v) is 7.59. The molecule has 1 unspecified atom stereocenters. The Labute approximate surface area is 146 Å². The number of thioether (sulfide) groups is 1. The molecule has 3 rings (SSSR count). The van der Waals surface area contributed by atoms with Crippen molar-refractivity contribution in [2.75, 3.05) is 6.26 Å². The molecule has 0 radical (unpaired) electrons. The molecule has 0 bridgehead atoms. The Bertz CT molecular complexity index is 722. The number of ketones is 1. The van der Waals surface area contributed by atoms with E-state index in [-0.39, 0.29) is 5.78 Å². The topological polar surface area (TPSA) is 26.3 Å². The zero-order chi connectivity index (χ0) is 16.7. The van der Waals surface area contributed by atoms with Crippen molar-refractivity contribution < 1.29 is 9.53 Å². The smallest absolute Gasteiger partial charge is 0.167 e. The van der Waals surface area contributed by atoms with Crippen molar-refractivity contribution in [2.24, 2.45) is 0 Å². The molecule has 1 atom stereocenters. The number of carbonyl (C=O) groups excluding carboxylic acids is 1. The van der Waals surface area contributed by atoms with Crippen molar-refractivity contribution in [1.29, 1.82) is 0 Å². The van der Waals surface area contributed by atoms with Crippen LogP contribution in [-0.4, -0.2) is 17.6 Å². The van der Waals surface area contributed by atoms with Crippen molar-refractivity contribution in [3.63, 3.8) is 0 Å². The molecule has 0 amide bonds. The molecular weight excluding hydrogens is 328 g/mol. The van der Waals surface area contributed by atoms with Crippen molar-refractivity contribution in [1.82, 2.24) is 0 Å². The van der Waals surface area contributed by atoms with Gasteiger partial charge in [0.25, 0.3) is 0 Å². The lowest BCUT2D eigenvalue weighted by atomic mass is 9.83. The van der Waals surface area contributed by atoms with Gasteiger partial charge in [0.2, 0.25) is 0 Å². The Morgan fingerprint density at radius 2 is 1.52 bits per heavy atom. The molecule has 0 aliphatic carbocycles. The van der Waals surface area contributed by atoms with Gasteiger partial charge in [0, 0.05) is 16.3 Å². The van der Waals surface area contributed by atoms with Crippen LogP contribution >= 0.6 is 23.4 Å². The molecule has 23 heavy (non-hydrogen) atoms. The summed E-state index contributed by atoms with van der Waals surface area (Å²) < 4.78 is 6.33. The average Bonchev–Trinajstić information content (AvgIpc) is 2.79. The lowest BCUT2D eigenvalue weighted by molar-refractivity contribution is -0.132. The molecule has 1 aliphatic heterocycles. The van der Waals surface area contributed by atoms with E-state index in [0.29, 0.717) is 11.4 Å². The van der Waals surface area contributed by atoms with E-state index in [1.807, 2.05) is 44.4 Å². The Morgan fingerprint density at radius 1 is 1.00 bits per heavy atom. The lowest BCUT2D eigenvalue weighted by Crippen LogP contribution is -2.32. The monoisotopic (exact) mass is 346 g/mol. The third kappa shape index (κ3) is 2.93. The number of hydrogen-bond acceptors (Lipinski definition) is 3. The molecule has 2 nitrogen and oxygen atoms in total. The molecule has 120 valence electrons. The van der Waals surface area contributed by atoms with Gasteiger partial charge in [-0.1, -0.05) is 35.9 Å². The van der Waals surface area contributed by atoms with Crippen LogP contribution in [0, 0.1) is 0 Å². The summed E-state index contributed by atoms with van der Waals surface area (Å²) in [5.74, 6) is 0.112. The molecule has 2 aromatic rings. The average molecular weight is 347 g/mol. The van der Waals surface area contributed by atoms with Crippen LogP contribution in [0.15, 0.2) is 53.4 Å². The molecule has 1 fully saturated rings. The summed E-state index contributed by atoms with van der Waals surface area (Å²) in [6.45, 7) is 3.67. The molecule has 1 saturated heterocycles. The molecule has 4 heteroatoms. The third-order valence-electron chi connectivity index (χ3n) is 4.38. The highest BCUT2D eigenvalue weighted by molar-refractivity contribution is 7.98. The van der Waals surface area contributed by atoms with E-state index < -0.39 is 11.2 Å². The van der Waals surface area contributed by atoms with E-state index in [1.54, 1.807) is 11.8 Å². The van der Waals surface area contributed by atoms with Gasteiger partial charge in [-0.05, 0) is 55.5 Å². The minimum atomic E-state index is -0.794. The molecule has 0 saturated carbocycles. The first-order valence-electron chi connectivity index (χ1n) is 7.51. The summed E-state index contributed by atoms with van der Waals surface area (Å²) in [7, 11) is 0. The molecule has 2 aromatic carbocycles. The van der Waals surface area contributed by atoms with Gasteiger partial charge in [-0.3, -0.25) is 4.79 Å². The third-order valence-corrected chi connectivity index (χ3v) is 5.37. The second-order valence-electron chi connectivity index (χ2n) is 6.27. The predicted octanol–water partition coefficient (Wildman–Crippen LogP) is 5.07. The number of halogens is 1. The maximum atomic E-state index is 12.5. The molecule has 0 N–H and O–H groups in total. The molecule has 1 heterocycles. The summed E-state index contributed by atoms with van der Waals surface area (Å²) in [4.78, 5) is 13.7. The first-order valence-corrected chi connectivity index (χ1v) is 9.12. The first kappa shape index (κ1) is 16.6. The van der Waals surface area contributed by atoms with Gasteiger partial charge in [0.1, 0.15) is 11.2 Å². The second kappa shape index (κ2) is 5.97. The van der Waals surface area contributed by atoms with Crippen LogP contribution in [0.5, 0.6) is 0 Å². The summed E-state index contributed by atoms with van der Waals surface area (Å²) in [5, 5.41) is 0.671. The van der Waals surface area contributed by atoms with Gasteiger partial charge < -0.3 is 4.74 Å². The number of benzene rings is 2. The number of rotatable bonds is 3. The van der Waals surface area contributed by atoms with Crippen molar-refractivity contribution in [2.45, 2.75) is 36.4 Å². The molecule has 1 aliphatic rings. The van der Waals surface area contributed by atoms with Gasteiger partial charge in [-0.2, -0.15) is 0 Å². The maximum Gasteiger partial charge on any atom is 0.167 e. The normalized spacial score (nSPS) is 23.2. The summed E-state index contributed by atoms with van der Waals surface area (Å²) >= 11 is 7.72. The minimum Gasteiger partial charge on any atom is -0.351 e.